The minimum Gasteiger partial charge on any atom is -0.465 e. The van der Waals surface area contributed by atoms with Crippen LogP contribution >= 0.6 is 0 Å². The predicted molar refractivity (Wildman–Crippen MR) is 72.5 cm³/mol. The summed E-state index contributed by atoms with van der Waals surface area (Å²) < 4.78 is 4.99. The Kier molecular flexibility index (Phi) is 3.74. The third-order valence-electron chi connectivity index (χ3n) is 4.15. The fraction of sp³-hybridized carbons (Fsp3) is 0.562. The number of benzene rings is 1. The molecule has 1 aliphatic rings. The Labute approximate surface area is 109 Å². The molecule has 2 rings (SSSR count). The van der Waals surface area contributed by atoms with Crippen molar-refractivity contribution in [3.63, 3.8) is 0 Å². The second-order valence-electron chi connectivity index (χ2n) is 5.79. The van der Waals surface area contributed by atoms with Gasteiger partial charge in [0.2, 0.25) is 0 Å². The van der Waals surface area contributed by atoms with Crippen LogP contribution in [0.25, 0.3) is 0 Å². The summed E-state index contributed by atoms with van der Waals surface area (Å²) in [4.78, 5) is 11.4. The highest BCUT2D eigenvalue weighted by molar-refractivity contribution is 5.74. The van der Waals surface area contributed by atoms with E-state index in [0.717, 1.165) is 19.3 Å². The Balaban J connectivity index is 2.06. The van der Waals surface area contributed by atoms with E-state index in [1.807, 2.05) is 0 Å². The molecule has 2 nitrogen and oxygen atoms in total. The molecule has 0 saturated carbocycles. The molecule has 0 radical (unpaired) electrons. The number of rotatable bonds is 4. The smallest absolute Gasteiger partial charge is 0.309 e. The highest BCUT2D eigenvalue weighted by Crippen LogP contribution is 2.27. The molecule has 0 spiro atoms. The number of esters is 1. The zero-order valence-electron chi connectivity index (χ0n) is 11.5. The predicted octanol–water partition coefficient (Wildman–Crippen LogP) is 3.48. The molecule has 0 amide bonds. The van der Waals surface area contributed by atoms with Gasteiger partial charge in [0.1, 0.15) is 0 Å². The van der Waals surface area contributed by atoms with Gasteiger partial charge in [0.15, 0.2) is 0 Å². The molecule has 2 heteroatoms. The van der Waals surface area contributed by atoms with Gasteiger partial charge in [-0.3, -0.25) is 4.79 Å². The zero-order valence-corrected chi connectivity index (χ0v) is 11.5. The number of carbonyl (C=O) groups is 1. The van der Waals surface area contributed by atoms with E-state index in [1.165, 1.54) is 11.1 Å². The molecule has 18 heavy (non-hydrogen) atoms. The minimum absolute atomic E-state index is 0.0343. The van der Waals surface area contributed by atoms with Crippen LogP contribution in [0.3, 0.4) is 0 Å². The SMILES string of the molecule is CCC(C)(C)c1ccc(CC2CCOC2=O)cc1. The van der Waals surface area contributed by atoms with E-state index in [1.54, 1.807) is 0 Å². The van der Waals surface area contributed by atoms with Crippen LogP contribution in [0.15, 0.2) is 24.3 Å². The second-order valence-corrected chi connectivity index (χ2v) is 5.79. The molecule has 0 aliphatic carbocycles. The molecule has 0 bridgehead atoms. The maximum Gasteiger partial charge on any atom is 0.309 e. The van der Waals surface area contributed by atoms with Crippen molar-refractivity contribution in [3.8, 4) is 0 Å². The van der Waals surface area contributed by atoms with Gasteiger partial charge in [-0.2, -0.15) is 0 Å². The number of carbonyl (C=O) groups excluding carboxylic acids is 1. The van der Waals surface area contributed by atoms with E-state index in [2.05, 4.69) is 45.0 Å². The van der Waals surface area contributed by atoms with Crippen LogP contribution in [0.2, 0.25) is 0 Å². The maximum absolute atomic E-state index is 11.4. The van der Waals surface area contributed by atoms with Crippen LogP contribution in [0.4, 0.5) is 0 Å². The van der Waals surface area contributed by atoms with Crippen molar-refractivity contribution < 1.29 is 9.53 Å². The van der Waals surface area contributed by atoms with E-state index >= 15 is 0 Å². The van der Waals surface area contributed by atoms with Crippen LogP contribution in [0, 0.1) is 5.92 Å². The van der Waals surface area contributed by atoms with Crippen molar-refractivity contribution in [3.05, 3.63) is 35.4 Å². The quantitative estimate of drug-likeness (QED) is 0.760. The Bertz CT molecular complexity index is 417. The standard InChI is InChI=1S/C16H22O2/c1-4-16(2,3)14-7-5-12(6-8-14)11-13-9-10-18-15(13)17/h5-8,13H,4,9-11H2,1-3H3. The molecular formula is C16H22O2. The molecule has 1 aromatic rings. The monoisotopic (exact) mass is 246 g/mol. The van der Waals surface area contributed by atoms with Gasteiger partial charge in [-0.05, 0) is 35.8 Å². The molecule has 0 N–H and O–H groups in total. The third kappa shape index (κ3) is 2.74. The molecule has 1 saturated heterocycles. The normalized spacial score (nSPS) is 19.9. The maximum atomic E-state index is 11.4. The molecule has 1 aliphatic heterocycles. The Hall–Kier alpha value is -1.31. The molecule has 98 valence electrons. The van der Waals surface area contributed by atoms with E-state index < -0.39 is 0 Å². The lowest BCUT2D eigenvalue weighted by Crippen LogP contribution is -2.15. The largest absolute Gasteiger partial charge is 0.465 e. The van der Waals surface area contributed by atoms with E-state index in [0.29, 0.717) is 6.61 Å². The van der Waals surface area contributed by atoms with Gasteiger partial charge in [-0.15, -0.1) is 0 Å². The summed E-state index contributed by atoms with van der Waals surface area (Å²) in [5.41, 5.74) is 2.82. The molecule has 1 unspecified atom stereocenters. The number of cyclic esters (lactones) is 1. The highest BCUT2D eigenvalue weighted by atomic mass is 16.5. The van der Waals surface area contributed by atoms with Gasteiger partial charge in [0.25, 0.3) is 0 Å². The van der Waals surface area contributed by atoms with Crippen molar-refractivity contribution >= 4 is 5.97 Å². The summed E-state index contributed by atoms with van der Waals surface area (Å²) in [7, 11) is 0. The first-order valence-corrected chi connectivity index (χ1v) is 6.79. The molecular weight excluding hydrogens is 224 g/mol. The van der Waals surface area contributed by atoms with Gasteiger partial charge in [-0.1, -0.05) is 45.0 Å². The van der Waals surface area contributed by atoms with Gasteiger partial charge in [-0.25, -0.2) is 0 Å². The van der Waals surface area contributed by atoms with E-state index in [-0.39, 0.29) is 17.3 Å². The first-order valence-electron chi connectivity index (χ1n) is 6.79. The summed E-state index contributed by atoms with van der Waals surface area (Å²) in [6.07, 6.45) is 2.80. The third-order valence-corrected chi connectivity index (χ3v) is 4.15. The van der Waals surface area contributed by atoms with Crippen molar-refractivity contribution in [2.45, 2.75) is 45.4 Å². The molecule has 1 fully saturated rings. The lowest BCUT2D eigenvalue weighted by atomic mass is 9.81. The minimum atomic E-state index is -0.0343. The molecule has 1 aromatic carbocycles. The summed E-state index contributed by atoms with van der Waals surface area (Å²) in [5.74, 6) is 0.0306. The number of hydrogen-bond acceptors (Lipinski definition) is 2. The van der Waals surface area contributed by atoms with Crippen LogP contribution in [0.5, 0.6) is 0 Å². The average Bonchev–Trinajstić information content (AvgIpc) is 2.76. The van der Waals surface area contributed by atoms with Crippen molar-refractivity contribution in [2.24, 2.45) is 5.92 Å². The van der Waals surface area contributed by atoms with Gasteiger partial charge < -0.3 is 4.74 Å². The lowest BCUT2D eigenvalue weighted by molar-refractivity contribution is -0.141. The molecule has 0 aromatic heterocycles. The Morgan fingerprint density at radius 2 is 1.94 bits per heavy atom. The van der Waals surface area contributed by atoms with Gasteiger partial charge in [0.05, 0.1) is 12.5 Å². The topological polar surface area (TPSA) is 26.3 Å². The number of ether oxygens (including phenoxy) is 1. The second kappa shape index (κ2) is 5.13. The zero-order chi connectivity index (χ0) is 13.2. The van der Waals surface area contributed by atoms with Crippen LogP contribution in [0.1, 0.15) is 44.7 Å². The Morgan fingerprint density at radius 1 is 1.28 bits per heavy atom. The molecule has 1 atom stereocenters. The first kappa shape index (κ1) is 13.1. The summed E-state index contributed by atoms with van der Waals surface area (Å²) in [5, 5.41) is 0. The van der Waals surface area contributed by atoms with Crippen molar-refractivity contribution in [1.82, 2.24) is 0 Å². The van der Waals surface area contributed by atoms with E-state index in [9.17, 15) is 4.79 Å². The fourth-order valence-electron chi connectivity index (χ4n) is 2.30. The van der Waals surface area contributed by atoms with Crippen molar-refractivity contribution in [2.75, 3.05) is 6.61 Å². The fourth-order valence-corrected chi connectivity index (χ4v) is 2.30. The van der Waals surface area contributed by atoms with Crippen LogP contribution in [-0.2, 0) is 21.4 Å². The van der Waals surface area contributed by atoms with Crippen LogP contribution < -0.4 is 0 Å². The number of hydrogen-bond donors (Lipinski definition) is 0. The molecule has 1 heterocycles. The first-order chi connectivity index (χ1) is 8.53. The lowest BCUT2D eigenvalue weighted by Gasteiger charge is -2.23. The summed E-state index contributed by atoms with van der Waals surface area (Å²) >= 11 is 0. The van der Waals surface area contributed by atoms with Gasteiger partial charge in [0, 0.05) is 0 Å². The average molecular weight is 246 g/mol. The van der Waals surface area contributed by atoms with Crippen LogP contribution in [-0.4, -0.2) is 12.6 Å². The van der Waals surface area contributed by atoms with Gasteiger partial charge >= 0.3 is 5.97 Å². The highest BCUT2D eigenvalue weighted by Gasteiger charge is 2.26. The van der Waals surface area contributed by atoms with E-state index in [4.69, 9.17) is 4.74 Å². The summed E-state index contributed by atoms with van der Waals surface area (Å²) in [6, 6.07) is 8.69. The van der Waals surface area contributed by atoms with Crippen molar-refractivity contribution in [1.29, 1.82) is 0 Å². The summed E-state index contributed by atoms with van der Waals surface area (Å²) in [6.45, 7) is 7.32. The Morgan fingerprint density at radius 3 is 2.44 bits per heavy atom.